The van der Waals surface area contributed by atoms with E-state index in [-0.39, 0.29) is 31.2 Å². The lowest BCUT2D eigenvalue weighted by atomic mass is 10.1. The lowest BCUT2D eigenvalue weighted by Gasteiger charge is -2.21. The molecule has 1 aromatic heterocycles. The fourth-order valence-corrected chi connectivity index (χ4v) is 2.91. The minimum atomic E-state index is -1.10. The molecule has 0 bridgehead atoms. The SMILES string of the molecule is O=C(c1cc(-c2ccccc2Cl)n[nH]1)N1C[C@@H](F)C[C@H]1CO. The van der Waals surface area contributed by atoms with Crippen LogP contribution >= 0.6 is 11.6 Å². The van der Waals surface area contributed by atoms with Crippen molar-refractivity contribution >= 4 is 17.5 Å². The highest BCUT2D eigenvalue weighted by molar-refractivity contribution is 6.33. The molecule has 5 nitrogen and oxygen atoms in total. The second kappa shape index (κ2) is 6.06. The Kier molecular flexibility index (Phi) is 4.13. The topological polar surface area (TPSA) is 69.2 Å². The van der Waals surface area contributed by atoms with Crippen molar-refractivity contribution in [1.29, 1.82) is 0 Å². The molecule has 0 aliphatic carbocycles. The first-order chi connectivity index (χ1) is 10.6. The number of carbonyl (C=O) groups is 1. The molecule has 116 valence electrons. The van der Waals surface area contributed by atoms with Gasteiger partial charge in [-0.3, -0.25) is 9.89 Å². The van der Waals surface area contributed by atoms with Gasteiger partial charge in [-0.2, -0.15) is 5.10 Å². The van der Waals surface area contributed by atoms with E-state index in [9.17, 15) is 14.3 Å². The number of nitrogens with zero attached hydrogens (tertiary/aromatic N) is 2. The molecular weight excluding hydrogens is 309 g/mol. The van der Waals surface area contributed by atoms with E-state index in [4.69, 9.17) is 11.6 Å². The maximum atomic E-state index is 13.5. The molecule has 0 unspecified atom stereocenters. The fraction of sp³-hybridized carbons (Fsp3) is 0.333. The van der Waals surface area contributed by atoms with Crippen LogP contribution in [0.2, 0.25) is 5.02 Å². The van der Waals surface area contributed by atoms with E-state index in [0.717, 1.165) is 0 Å². The van der Waals surface area contributed by atoms with E-state index < -0.39 is 12.2 Å². The predicted molar refractivity (Wildman–Crippen MR) is 80.5 cm³/mol. The number of rotatable bonds is 3. The number of aliphatic hydroxyl groups excluding tert-OH is 1. The molecule has 1 aliphatic rings. The molecule has 2 aromatic rings. The van der Waals surface area contributed by atoms with E-state index in [1.54, 1.807) is 18.2 Å². The number of H-pyrrole nitrogens is 1. The summed E-state index contributed by atoms with van der Waals surface area (Å²) in [6, 6.07) is 8.27. The van der Waals surface area contributed by atoms with Crippen LogP contribution in [0.1, 0.15) is 16.9 Å². The molecule has 2 N–H and O–H groups in total. The smallest absolute Gasteiger partial charge is 0.272 e. The van der Waals surface area contributed by atoms with Gasteiger partial charge in [0.25, 0.3) is 5.91 Å². The minimum Gasteiger partial charge on any atom is -0.394 e. The highest BCUT2D eigenvalue weighted by Gasteiger charge is 2.35. The third-order valence-electron chi connectivity index (χ3n) is 3.79. The van der Waals surface area contributed by atoms with E-state index in [2.05, 4.69) is 10.2 Å². The zero-order valence-electron chi connectivity index (χ0n) is 11.7. The maximum absolute atomic E-state index is 13.5. The van der Waals surface area contributed by atoms with E-state index in [1.807, 2.05) is 12.1 Å². The number of amides is 1. The monoisotopic (exact) mass is 323 g/mol. The standard InChI is InChI=1S/C15H15ClFN3O2/c16-12-4-2-1-3-11(12)13-6-14(19-18-13)15(22)20-7-9(17)5-10(20)8-21/h1-4,6,9-10,21H,5,7-8H2,(H,18,19)/t9-,10-/m0/s1. The normalized spacial score (nSPS) is 21.3. The Morgan fingerprint density at radius 3 is 3.00 bits per heavy atom. The van der Waals surface area contributed by atoms with Crippen LogP contribution in [0.4, 0.5) is 4.39 Å². The lowest BCUT2D eigenvalue weighted by Crippen LogP contribution is -2.38. The molecule has 2 atom stereocenters. The second-order valence-corrected chi connectivity index (χ2v) is 5.68. The molecule has 1 aliphatic heterocycles. The number of aromatic nitrogens is 2. The molecule has 1 fully saturated rings. The number of nitrogens with one attached hydrogen (secondary N) is 1. The quantitative estimate of drug-likeness (QED) is 0.910. The number of halogens is 2. The van der Waals surface area contributed by atoms with Crippen molar-refractivity contribution in [3.8, 4) is 11.3 Å². The average molecular weight is 324 g/mol. The van der Waals surface area contributed by atoms with Gasteiger partial charge in [0.2, 0.25) is 0 Å². The van der Waals surface area contributed by atoms with Gasteiger partial charge >= 0.3 is 0 Å². The predicted octanol–water partition coefficient (Wildman–Crippen LogP) is 2.27. The van der Waals surface area contributed by atoms with Crippen molar-refractivity contribution in [2.75, 3.05) is 13.2 Å². The molecule has 3 rings (SSSR count). The van der Waals surface area contributed by atoms with E-state index >= 15 is 0 Å². The van der Waals surface area contributed by atoms with Crippen LogP contribution in [0.5, 0.6) is 0 Å². The van der Waals surface area contributed by atoms with Gasteiger partial charge in [-0.1, -0.05) is 29.8 Å². The van der Waals surface area contributed by atoms with Crippen molar-refractivity contribution in [2.24, 2.45) is 0 Å². The molecule has 0 radical (unpaired) electrons. The number of carbonyl (C=O) groups excluding carboxylic acids is 1. The molecule has 0 spiro atoms. The summed E-state index contributed by atoms with van der Waals surface area (Å²) in [7, 11) is 0. The van der Waals surface area contributed by atoms with Crippen molar-refractivity contribution in [3.63, 3.8) is 0 Å². The van der Waals surface area contributed by atoms with Gasteiger partial charge in [0.05, 0.1) is 29.9 Å². The summed E-state index contributed by atoms with van der Waals surface area (Å²) in [4.78, 5) is 13.8. The minimum absolute atomic E-state index is 0.00942. The van der Waals surface area contributed by atoms with Gasteiger partial charge in [-0.05, 0) is 12.1 Å². The van der Waals surface area contributed by atoms with E-state index in [0.29, 0.717) is 16.3 Å². The third kappa shape index (κ3) is 2.71. The summed E-state index contributed by atoms with van der Waals surface area (Å²) in [6.07, 6.45) is -0.944. The first kappa shape index (κ1) is 15.0. The number of aliphatic hydroxyl groups is 1. The molecule has 22 heavy (non-hydrogen) atoms. The fourth-order valence-electron chi connectivity index (χ4n) is 2.67. The highest BCUT2D eigenvalue weighted by Crippen LogP contribution is 2.27. The zero-order valence-corrected chi connectivity index (χ0v) is 12.4. The zero-order chi connectivity index (χ0) is 15.7. The number of likely N-dealkylation sites (tertiary alicyclic amines) is 1. The Hall–Kier alpha value is -1.92. The van der Waals surface area contributed by atoms with Gasteiger partial charge in [0.15, 0.2) is 0 Å². The van der Waals surface area contributed by atoms with Gasteiger partial charge in [-0.15, -0.1) is 0 Å². The summed E-state index contributed by atoms with van der Waals surface area (Å²) in [5.74, 6) is -0.370. The Balaban J connectivity index is 1.85. The van der Waals surface area contributed by atoms with Crippen LogP contribution in [-0.4, -0.2) is 51.5 Å². The Morgan fingerprint density at radius 2 is 2.27 bits per heavy atom. The van der Waals surface area contributed by atoms with Crippen LogP contribution in [0, 0.1) is 0 Å². The van der Waals surface area contributed by atoms with Gasteiger partial charge in [0.1, 0.15) is 11.9 Å². The van der Waals surface area contributed by atoms with Crippen molar-refractivity contribution in [3.05, 3.63) is 41.0 Å². The van der Waals surface area contributed by atoms with Crippen LogP contribution in [0.15, 0.2) is 30.3 Å². The molecule has 1 aromatic carbocycles. The number of hydrogen-bond donors (Lipinski definition) is 2. The third-order valence-corrected chi connectivity index (χ3v) is 4.12. The Bertz CT molecular complexity index is 691. The lowest BCUT2D eigenvalue weighted by molar-refractivity contribution is 0.0667. The van der Waals surface area contributed by atoms with Crippen LogP contribution in [0.3, 0.4) is 0 Å². The Labute approximate surface area is 131 Å². The van der Waals surface area contributed by atoms with Crippen LogP contribution < -0.4 is 0 Å². The second-order valence-electron chi connectivity index (χ2n) is 5.27. The van der Waals surface area contributed by atoms with Gasteiger partial charge in [0, 0.05) is 12.0 Å². The van der Waals surface area contributed by atoms with Crippen molar-refractivity contribution in [2.45, 2.75) is 18.6 Å². The Morgan fingerprint density at radius 1 is 1.50 bits per heavy atom. The van der Waals surface area contributed by atoms with Gasteiger partial charge in [-0.25, -0.2) is 4.39 Å². The highest BCUT2D eigenvalue weighted by atomic mass is 35.5. The molecule has 7 heteroatoms. The van der Waals surface area contributed by atoms with E-state index in [1.165, 1.54) is 4.90 Å². The summed E-state index contributed by atoms with van der Waals surface area (Å²) in [6.45, 7) is -0.262. The molecule has 1 amide bonds. The van der Waals surface area contributed by atoms with Gasteiger partial charge < -0.3 is 10.0 Å². The number of benzene rings is 1. The number of aromatic amines is 1. The van der Waals surface area contributed by atoms with Crippen molar-refractivity contribution in [1.82, 2.24) is 15.1 Å². The summed E-state index contributed by atoms with van der Waals surface area (Å²) >= 11 is 6.11. The van der Waals surface area contributed by atoms with Crippen molar-refractivity contribution < 1.29 is 14.3 Å². The molecule has 0 saturated carbocycles. The average Bonchev–Trinajstić information content (AvgIpc) is 3.13. The first-order valence-corrected chi connectivity index (χ1v) is 7.34. The molecule has 2 heterocycles. The molecule has 1 saturated heterocycles. The summed E-state index contributed by atoms with van der Waals surface area (Å²) in [5, 5.41) is 16.6. The first-order valence-electron chi connectivity index (χ1n) is 6.96. The van der Waals surface area contributed by atoms with Crippen LogP contribution in [-0.2, 0) is 0 Å². The maximum Gasteiger partial charge on any atom is 0.272 e. The number of alkyl halides is 1. The largest absolute Gasteiger partial charge is 0.394 e. The van der Waals surface area contributed by atoms with Crippen LogP contribution in [0.25, 0.3) is 11.3 Å². The summed E-state index contributed by atoms with van der Waals surface area (Å²) < 4.78 is 13.5. The number of hydrogen-bond acceptors (Lipinski definition) is 3. The summed E-state index contributed by atoms with van der Waals surface area (Å²) in [5.41, 5.74) is 1.51. The molecular formula is C15H15ClFN3O2.